The van der Waals surface area contributed by atoms with Crippen molar-refractivity contribution in [1.29, 1.82) is 0 Å². The average Bonchev–Trinajstić information content (AvgIpc) is 2.92. The lowest BCUT2D eigenvalue weighted by Gasteiger charge is -2.06. The molecule has 2 aromatic heterocycles. The fourth-order valence-electron chi connectivity index (χ4n) is 1.77. The van der Waals surface area contributed by atoms with Gasteiger partial charge >= 0.3 is 0 Å². The first-order valence-corrected chi connectivity index (χ1v) is 6.75. The summed E-state index contributed by atoms with van der Waals surface area (Å²) in [6.45, 7) is 0. The van der Waals surface area contributed by atoms with E-state index in [-0.39, 0.29) is 5.91 Å². The highest BCUT2D eigenvalue weighted by molar-refractivity contribution is 7.13. The molecule has 0 aliphatic rings. The molecule has 1 aromatic carbocycles. The zero-order valence-corrected chi connectivity index (χ0v) is 11.2. The van der Waals surface area contributed by atoms with Crippen LogP contribution in [-0.4, -0.2) is 15.9 Å². The van der Waals surface area contributed by atoms with Crippen LogP contribution in [0.1, 0.15) is 10.4 Å². The first-order valence-electron chi connectivity index (χ1n) is 5.50. The third-order valence-electron chi connectivity index (χ3n) is 2.61. The number of fused-ring (bicyclic) bond motifs is 1. The molecular formula is C13H8ClN3OS. The molecule has 3 aromatic rings. The van der Waals surface area contributed by atoms with Gasteiger partial charge in [-0.05, 0) is 24.3 Å². The van der Waals surface area contributed by atoms with Crippen LogP contribution >= 0.6 is 22.9 Å². The minimum atomic E-state index is -0.240. The van der Waals surface area contributed by atoms with Crippen LogP contribution in [0.5, 0.6) is 0 Å². The lowest BCUT2D eigenvalue weighted by molar-refractivity contribution is 0.102. The van der Waals surface area contributed by atoms with E-state index in [4.69, 9.17) is 11.6 Å². The van der Waals surface area contributed by atoms with Crippen LogP contribution in [0.3, 0.4) is 0 Å². The lowest BCUT2D eigenvalue weighted by atomic mass is 10.1. The lowest BCUT2D eigenvalue weighted by Crippen LogP contribution is -2.12. The maximum atomic E-state index is 12.2. The van der Waals surface area contributed by atoms with Gasteiger partial charge in [0.2, 0.25) is 0 Å². The molecule has 1 amide bonds. The number of hydrogen-bond acceptors (Lipinski definition) is 4. The number of rotatable bonds is 2. The summed E-state index contributed by atoms with van der Waals surface area (Å²) in [7, 11) is 0. The van der Waals surface area contributed by atoms with Gasteiger partial charge in [-0.25, -0.2) is 4.98 Å². The largest absolute Gasteiger partial charge is 0.298 e. The van der Waals surface area contributed by atoms with E-state index in [0.29, 0.717) is 21.2 Å². The molecule has 0 saturated carbocycles. The van der Waals surface area contributed by atoms with Crippen molar-refractivity contribution in [2.24, 2.45) is 0 Å². The van der Waals surface area contributed by atoms with E-state index < -0.39 is 0 Å². The first-order chi connectivity index (χ1) is 9.25. The SMILES string of the molecule is O=C(Nc1nccs1)c1ccc(Cl)c2cccnc12. The fraction of sp³-hybridized carbons (Fsp3) is 0. The summed E-state index contributed by atoms with van der Waals surface area (Å²) in [6.07, 6.45) is 3.28. The number of nitrogens with one attached hydrogen (secondary N) is 1. The average molecular weight is 290 g/mol. The van der Waals surface area contributed by atoms with E-state index in [2.05, 4.69) is 15.3 Å². The van der Waals surface area contributed by atoms with Crippen LogP contribution in [0, 0.1) is 0 Å². The zero-order chi connectivity index (χ0) is 13.2. The summed E-state index contributed by atoms with van der Waals surface area (Å²) in [4.78, 5) is 20.5. The van der Waals surface area contributed by atoms with Crippen molar-refractivity contribution in [1.82, 2.24) is 9.97 Å². The van der Waals surface area contributed by atoms with Gasteiger partial charge in [-0.2, -0.15) is 0 Å². The molecule has 0 atom stereocenters. The summed E-state index contributed by atoms with van der Waals surface area (Å²) < 4.78 is 0. The van der Waals surface area contributed by atoms with Gasteiger partial charge in [0, 0.05) is 23.2 Å². The van der Waals surface area contributed by atoms with Crippen LogP contribution in [0.2, 0.25) is 5.02 Å². The fourth-order valence-corrected chi connectivity index (χ4v) is 2.51. The molecule has 2 heterocycles. The minimum absolute atomic E-state index is 0.240. The molecular weight excluding hydrogens is 282 g/mol. The van der Waals surface area contributed by atoms with Gasteiger partial charge < -0.3 is 0 Å². The van der Waals surface area contributed by atoms with Crippen LogP contribution < -0.4 is 5.32 Å². The number of nitrogens with zero attached hydrogens (tertiary/aromatic N) is 2. The Bertz CT molecular complexity index is 743. The number of benzene rings is 1. The van der Waals surface area contributed by atoms with Gasteiger partial charge in [-0.3, -0.25) is 15.1 Å². The van der Waals surface area contributed by atoms with Gasteiger partial charge in [0.05, 0.1) is 16.1 Å². The number of amides is 1. The number of carbonyl (C=O) groups is 1. The molecule has 19 heavy (non-hydrogen) atoms. The van der Waals surface area contributed by atoms with Crippen molar-refractivity contribution in [3.8, 4) is 0 Å². The molecule has 0 radical (unpaired) electrons. The Morgan fingerprint density at radius 3 is 2.89 bits per heavy atom. The van der Waals surface area contributed by atoms with E-state index in [0.717, 1.165) is 5.39 Å². The van der Waals surface area contributed by atoms with Crippen molar-refractivity contribution in [3.05, 3.63) is 52.6 Å². The molecule has 0 fully saturated rings. The number of pyridine rings is 1. The molecule has 0 spiro atoms. The normalized spacial score (nSPS) is 10.6. The van der Waals surface area contributed by atoms with E-state index in [9.17, 15) is 4.79 Å². The third-order valence-corrected chi connectivity index (χ3v) is 3.63. The molecule has 6 heteroatoms. The van der Waals surface area contributed by atoms with Crippen molar-refractivity contribution in [2.45, 2.75) is 0 Å². The molecule has 1 N–H and O–H groups in total. The van der Waals surface area contributed by atoms with Crippen molar-refractivity contribution < 1.29 is 4.79 Å². The summed E-state index contributed by atoms with van der Waals surface area (Å²) in [5.41, 5.74) is 1.07. The standard InChI is InChI=1S/C13H8ClN3OS/c14-10-4-3-9(11-8(10)2-1-5-15-11)12(18)17-13-16-6-7-19-13/h1-7H,(H,16,17,18). The van der Waals surface area contributed by atoms with Crippen LogP contribution in [0.15, 0.2) is 42.0 Å². The van der Waals surface area contributed by atoms with E-state index in [1.807, 2.05) is 6.07 Å². The minimum Gasteiger partial charge on any atom is -0.298 e. The Labute approximate surface area is 118 Å². The predicted molar refractivity (Wildman–Crippen MR) is 76.8 cm³/mol. The number of thiazole rings is 1. The van der Waals surface area contributed by atoms with Crippen molar-refractivity contribution >= 4 is 44.9 Å². The van der Waals surface area contributed by atoms with Gasteiger partial charge in [0.15, 0.2) is 5.13 Å². The number of halogens is 1. The highest BCUT2D eigenvalue weighted by Crippen LogP contribution is 2.25. The second-order valence-electron chi connectivity index (χ2n) is 3.79. The highest BCUT2D eigenvalue weighted by atomic mass is 35.5. The summed E-state index contributed by atoms with van der Waals surface area (Å²) in [5.74, 6) is -0.240. The van der Waals surface area contributed by atoms with Crippen LogP contribution in [0.25, 0.3) is 10.9 Å². The number of aromatic nitrogens is 2. The van der Waals surface area contributed by atoms with Gasteiger partial charge in [0.25, 0.3) is 5.91 Å². The first kappa shape index (κ1) is 12.1. The Hall–Kier alpha value is -1.98. The predicted octanol–water partition coefficient (Wildman–Crippen LogP) is 3.60. The molecule has 0 unspecified atom stereocenters. The number of hydrogen-bond donors (Lipinski definition) is 1. The molecule has 3 rings (SSSR count). The maximum Gasteiger partial charge on any atom is 0.259 e. The Balaban J connectivity index is 2.05. The zero-order valence-electron chi connectivity index (χ0n) is 9.63. The van der Waals surface area contributed by atoms with Crippen molar-refractivity contribution in [3.63, 3.8) is 0 Å². The molecule has 0 bridgehead atoms. The third kappa shape index (κ3) is 2.30. The molecule has 94 valence electrons. The molecule has 4 nitrogen and oxygen atoms in total. The summed E-state index contributed by atoms with van der Waals surface area (Å²) >= 11 is 7.46. The topological polar surface area (TPSA) is 54.9 Å². The smallest absolute Gasteiger partial charge is 0.259 e. The Morgan fingerprint density at radius 2 is 2.11 bits per heavy atom. The van der Waals surface area contributed by atoms with Gasteiger partial charge in [0.1, 0.15) is 0 Å². The van der Waals surface area contributed by atoms with Gasteiger partial charge in [-0.1, -0.05) is 11.6 Å². The number of anilines is 1. The molecule has 0 aliphatic heterocycles. The van der Waals surface area contributed by atoms with Gasteiger partial charge in [-0.15, -0.1) is 11.3 Å². The quantitative estimate of drug-likeness (QED) is 0.784. The molecule has 0 aliphatic carbocycles. The Morgan fingerprint density at radius 1 is 1.21 bits per heavy atom. The number of carbonyl (C=O) groups excluding carboxylic acids is 1. The monoisotopic (exact) mass is 289 g/mol. The molecule has 0 saturated heterocycles. The van der Waals surface area contributed by atoms with E-state index in [1.165, 1.54) is 11.3 Å². The summed E-state index contributed by atoms with van der Waals surface area (Å²) in [6, 6.07) is 6.99. The van der Waals surface area contributed by atoms with E-state index in [1.54, 1.807) is 36.0 Å². The maximum absolute atomic E-state index is 12.2. The summed E-state index contributed by atoms with van der Waals surface area (Å²) in [5, 5.41) is 6.43. The van der Waals surface area contributed by atoms with Crippen LogP contribution in [0.4, 0.5) is 5.13 Å². The van der Waals surface area contributed by atoms with E-state index >= 15 is 0 Å². The second kappa shape index (κ2) is 4.95. The van der Waals surface area contributed by atoms with Crippen LogP contribution in [-0.2, 0) is 0 Å². The van der Waals surface area contributed by atoms with Crippen molar-refractivity contribution in [2.75, 3.05) is 5.32 Å². The Kier molecular flexibility index (Phi) is 3.15. The highest BCUT2D eigenvalue weighted by Gasteiger charge is 2.13. The second-order valence-corrected chi connectivity index (χ2v) is 5.09.